The molecule has 0 unspecified atom stereocenters. The maximum absolute atomic E-state index is 12.7. The van der Waals surface area contributed by atoms with Crippen molar-refractivity contribution in [1.29, 1.82) is 0 Å². The summed E-state index contributed by atoms with van der Waals surface area (Å²) < 4.78 is 0. The van der Waals surface area contributed by atoms with Crippen LogP contribution in [0.2, 0.25) is 0 Å². The lowest BCUT2D eigenvalue weighted by Gasteiger charge is -2.30. The van der Waals surface area contributed by atoms with Gasteiger partial charge in [-0.1, -0.05) is 37.6 Å². The van der Waals surface area contributed by atoms with Gasteiger partial charge in [-0.2, -0.15) is 0 Å². The Balaban J connectivity index is 1.90. The van der Waals surface area contributed by atoms with Crippen molar-refractivity contribution in [2.24, 2.45) is 0 Å². The highest BCUT2D eigenvalue weighted by Crippen LogP contribution is 2.32. The van der Waals surface area contributed by atoms with Crippen LogP contribution in [0.4, 0.5) is 11.4 Å². The zero-order valence-corrected chi connectivity index (χ0v) is 15.4. The first-order valence-corrected chi connectivity index (χ1v) is 9.46. The van der Waals surface area contributed by atoms with Crippen LogP contribution in [0.1, 0.15) is 32.6 Å². The molecule has 0 saturated carbocycles. The summed E-state index contributed by atoms with van der Waals surface area (Å²) in [6.45, 7) is 5.98. The van der Waals surface area contributed by atoms with Crippen LogP contribution in [0.5, 0.6) is 0 Å². The normalized spacial score (nSPS) is 15.3. The topological polar surface area (TPSA) is 35.6 Å². The van der Waals surface area contributed by atoms with Gasteiger partial charge in [-0.3, -0.25) is 4.79 Å². The molecule has 25 heavy (non-hydrogen) atoms. The molecule has 2 aromatic carbocycles. The first kappa shape index (κ1) is 17.7. The van der Waals surface area contributed by atoms with Gasteiger partial charge in [0.25, 0.3) is 0 Å². The molecule has 1 heterocycles. The number of carbonyl (C=O) groups excluding carboxylic acids is 1. The highest BCUT2D eigenvalue weighted by molar-refractivity contribution is 6.07. The lowest BCUT2D eigenvalue weighted by atomic mass is 10.1. The zero-order valence-electron chi connectivity index (χ0n) is 15.4. The second-order valence-corrected chi connectivity index (χ2v) is 6.73. The summed E-state index contributed by atoms with van der Waals surface area (Å²) in [5.74, 6) is 0.194. The van der Waals surface area contributed by atoms with Crippen molar-refractivity contribution in [2.45, 2.75) is 32.6 Å². The van der Waals surface area contributed by atoms with Crippen molar-refractivity contribution in [1.82, 2.24) is 4.90 Å². The van der Waals surface area contributed by atoms with Crippen molar-refractivity contribution in [3.8, 4) is 0 Å². The van der Waals surface area contributed by atoms with Gasteiger partial charge in [0, 0.05) is 43.0 Å². The fourth-order valence-corrected chi connectivity index (χ4v) is 3.73. The van der Waals surface area contributed by atoms with Gasteiger partial charge in [-0.15, -0.1) is 0 Å². The smallest absolute Gasteiger partial charge is 0.226 e. The number of piperidine rings is 1. The molecule has 2 aromatic rings. The van der Waals surface area contributed by atoms with E-state index < -0.39 is 0 Å². The van der Waals surface area contributed by atoms with Crippen LogP contribution in [-0.4, -0.2) is 44.0 Å². The lowest BCUT2D eigenvalue weighted by Crippen LogP contribution is -2.40. The van der Waals surface area contributed by atoms with Crippen molar-refractivity contribution >= 4 is 28.1 Å². The number of carbonyl (C=O) groups is 1. The van der Waals surface area contributed by atoms with E-state index >= 15 is 0 Å². The average Bonchev–Trinajstić information content (AvgIpc) is 2.68. The first-order chi connectivity index (χ1) is 12.2. The Morgan fingerprint density at radius 2 is 1.80 bits per heavy atom. The Hall–Kier alpha value is -2.07. The molecule has 3 rings (SSSR count). The Bertz CT molecular complexity index is 722. The highest BCUT2D eigenvalue weighted by Gasteiger charge is 2.19. The van der Waals surface area contributed by atoms with Crippen LogP contribution in [0.25, 0.3) is 10.8 Å². The van der Waals surface area contributed by atoms with Crippen molar-refractivity contribution in [3.63, 3.8) is 0 Å². The Kier molecular flexibility index (Phi) is 5.92. The van der Waals surface area contributed by atoms with Crippen LogP contribution in [0.3, 0.4) is 0 Å². The summed E-state index contributed by atoms with van der Waals surface area (Å²) in [4.78, 5) is 17.1. The third-order valence-corrected chi connectivity index (χ3v) is 5.15. The van der Waals surface area contributed by atoms with Crippen molar-refractivity contribution in [3.05, 3.63) is 36.4 Å². The summed E-state index contributed by atoms with van der Waals surface area (Å²) in [7, 11) is 1.94. The molecule has 0 spiro atoms. The molecule has 4 heteroatoms. The molecule has 1 aliphatic heterocycles. The quantitative estimate of drug-likeness (QED) is 0.860. The van der Waals surface area contributed by atoms with Crippen LogP contribution >= 0.6 is 0 Å². The van der Waals surface area contributed by atoms with Gasteiger partial charge in [-0.25, -0.2) is 0 Å². The van der Waals surface area contributed by atoms with Gasteiger partial charge in [0.15, 0.2) is 0 Å². The third kappa shape index (κ3) is 3.96. The van der Waals surface area contributed by atoms with Gasteiger partial charge < -0.3 is 15.1 Å². The predicted octanol–water partition coefficient (Wildman–Crippen LogP) is 4.11. The average molecular weight is 339 g/mol. The number of nitrogens with one attached hydrogen (secondary N) is 1. The standard InChI is InChI=1S/C21H29N3O/c1-3-21(25)24(16-15-23-13-7-4-8-14-23)20-12-11-19(22-2)17-9-5-6-10-18(17)20/h5-6,9-12,22H,3-4,7-8,13-16H2,1-2H3. The molecule has 0 aliphatic carbocycles. The van der Waals surface area contributed by atoms with E-state index in [4.69, 9.17) is 0 Å². The van der Waals surface area contributed by atoms with E-state index in [2.05, 4.69) is 34.5 Å². The summed E-state index contributed by atoms with van der Waals surface area (Å²) in [6.07, 6.45) is 4.43. The van der Waals surface area contributed by atoms with Crippen molar-refractivity contribution in [2.75, 3.05) is 43.4 Å². The maximum Gasteiger partial charge on any atom is 0.226 e. The maximum atomic E-state index is 12.7. The van der Waals surface area contributed by atoms with E-state index in [-0.39, 0.29) is 5.91 Å². The number of likely N-dealkylation sites (tertiary alicyclic amines) is 1. The summed E-state index contributed by atoms with van der Waals surface area (Å²) >= 11 is 0. The highest BCUT2D eigenvalue weighted by atomic mass is 16.2. The molecular weight excluding hydrogens is 310 g/mol. The molecule has 4 nitrogen and oxygen atoms in total. The number of nitrogens with zero attached hydrogens (tertiary/aromatic N) is 2. The molecule has 134 valence electrons. The Morgan fingerprint density at radius 1 is 1.08 bits per heavy atom. The molecule has 0 atom stereocenters. The largest absolute Gasteiger partial charge is 0.388 e. The van der Waals surface area contributed by atoms with E-state index in [9.17, 15) is 4.79 Å². The molecule has 1 fully saturated rings. The summed E-state index contributed by atoms with van der Waals surface area (Å²) in [5.41, 5.74) is 2.12. The minimum absolute atomic E-state index is 0.194. The number of hydrogen-bond acceptors (Lipinski definition) is 3. The van der Waals surface area contributed by atoms with Crippen LogP contribution in [0, 0.1) is 0 Å². The van der Waals surface area contributed by atoms with Gasteiger partial charge in [0.05, 0.1) is 5.69 Å². The van der Waals surface area contributed by atoms with Gasteiger partial charge in [0.2, 0.25) is 5.91 Å². The van der Waals surface area contributed by atoms with E-state index in [1.807, 2.05) is 31.0 Å². The SMILES string of the molecule is CCC(=O)N(CCN1CCCCC1)c1ccc(NC)c2ccccc12. The van der Waals surface area contributed by atoms with Gasteiger partial charge >= 0.3 is 0 Å². The molecule has 0 radical (unpaired) electrons. The summed E-state index contributed by atoms with van der Waals surface area (Å²) in [5, 5.41) is 5.55. The molecule has 1 amide bonds. The fourth-order valence-electron chi connectivity index (χ4n) is 3.73. The van der Waals surface area contributed by atoms with E-state index in [0.717, 1.165) is 48.3 Å². The van der Waals surface area contributed by atoms with E-state index in [0.29, 0.717) is 6.42 Å². The van der Waals surface area contributed by atoms with Crippen molar-refractivity contribution < 1.29 is 4.79 Å². The number of anilines is 2. The molecule has 0 bridgehead atoms. The number of amides is 1. The predicted molar refractivity (Wildman–Crippen MR) is 106 cm³/mol. The molecular formula is C21H29N3O. The second-order valence-electron chi connectivity index (χ2n) is 6.73. The van der Waals surface area contributed by atoms with Crippen LogP contribution < -0.4 is 10.2 Å². The summed E-state index contributed by atoms with van der Waals surface area (Å²) in [6, 6.07) is 12.5. The van der Waals surface area contributed by atoms with Crippen LogP contribution in [-0.2, 0) is 4.79 Å². The first-order valence-electron chi connectivity index (χ1n) is 9.46. The number of rotatable bonds is 6. The van der Waals surface area contributed by atoms with Gasteiger partial charge in [0.1, 0.15) is 0 Å². The fraction of sp³-hybridized carbons (Fsp3) is 0.476. The molecule has 0 aromatic heterocycles. The third-order valence-electron chi connectivity index (χ3n) is 5.15. The lowest BCUT2D eigenvalue weighted by molar-refractivity contribution is -0.118. The van der Waals surface area contributed by atoms with Gasteiger partial charge in [-0.05, 0) is 38.1 Å². The monoisotopic (exact) mass is 339 g/mol. The number of hydrogen-bond donors (Lipinski definition) is 1. The Labute approximate surface area is 150 Å². The number of benzene rings is 2. The Morgan fingerprint density at radius 3 is 2.48 bits per heavy atom. The minimum Gasteiger partial charge on any atom is -0.388 e. The zero-order chi connectivity index (χ0) is 17.6. The molecule has 1 N–H and O–H groups in total. The van der Waals surface area contributed by atoms with E-state index in [1.165, 1.54) is 19.3 Å². The molecule has 1 aliphatic rings. The number of fused-ring (bicyclic) bond motifs is 1. The second kappa shape index (κ2) is 8.34. The molecule has 1 saturated heterocycles. The van der Waals surface area contributed by atoms with E-state index in [1.54, 1.807) is 0 Å². The minimum atomic E-state index is 0.194. The van der Waals surface area contributed by atoms with Crippen LogP contribution in [0.15, 0.2) is 36.4 Å².